The molecule has 7 heteroatoms. The number of benzene rings is 1. The third kappa shape index (κ3) is 5.60. The predicted octanol–water partition coefficient (Wildman–Crippen LogP) is 2.88. The smallest absolute Gasteiger partial charge is 0.0623 e. The van der Waals surface area contributed by atoms with Crippen molar-refractivity contribution in [2.75, 3.05) is 52.6 Å². The van der Waals surface area contributed by atoms with Gasteiger partial charge in [-0.1, -0.05) is 30.2 Å². The first kappa shape index (κ1) is 22.3. The normalized spacial score (nSPS) is 30.0. The third-order valence-electron chi connectivity index (χ3n) is 6.35. The van der Waals surface area contributed by atoms with E-state index < -0.39 is 0 Å². The van der Waals surface area contributed by atoms with Crippen molar-refractivity contribution in [3.63, 3.8) is 0 Å². The fourth-order valence-corrected chi connectivity index (χ4v) is 5.01. The molecule has 3 fully saturated rings. The average Bonchev–Trinajstić information content (AvgIpc) is 3.19. The minimum atomic E-state index is 0. The lowest BCUT2D eigenvalue weighted by Crippen LogP contribution is -2.52. The van der Waals surface area contributed by atoms with Gasteiger partial charge in [0.15, 0.2) is 0 Å². The van der Waals surface area contributed by atoms with Crippen LogP contribution in [-0.4, -0.2) is 69.6 Å². The SMILES string of the molecule is Cl.Clc1ccc(C(CNC2CCCC2C2COCCN2)N2CCOCC2)cc1. The van der Waals surface area contributed by atoms with E-state index in [0.717, 1.165) is 57.6 Å². The zero-order valence-corrected chi connectivity index (χ0v) is 18.0. The van der Waals surface area contributed by atoms with Gasteiger partial charge in [0.25, 0.3) is 0 Å². The summed E-state index contributed by atoms with van der Waals surface area (Å²) < 4.78 is 11.3. The van der Waals surface area contributed by atoms with Gasteiger partial charge in [0, 0.05) is 49.3 Å². The molecule has 2 aliphatic heterocycles. The fourth-order valence-electron chi connectivity index (χ4n) is 4.88. The molecule has 2 saturated heterocycles. The molecule has 158 valence electrons. The lowest BCUT2D eigenvalue weighted by atomic mass is 9.93. The minimum absolute atomic E-state index is 0. The Labute approximate surface area is 179 Å². The van der Waals surface area contributed by atoms with E-state index in [1.54, 1.807) is 0 Å². The van der Waals surface area contributed by atoms with Crippen LogP contribution in [0.3, 0.4) is 0 Å². The molecule has 4 unspecified atom stereocenters. The van der Waals surface area contributed by atoms with E-state index in [9.17, 15) is 0 Å². The number of nitrogens with zero attached hydrogens (tertiary/aromatic N) is 1. The Hall–Kier alpha value is -0.400. The maximum absolute atomic E-state index is 6.12. The first-order chi connectivity index (χ1) is 13.3. The molecule has 2 heterocycles. The maximum Gasteiger partial charge on any atom is 0.0623 e. The van der Waals surface area contributed by atoms with Gasteiger partial charge in [0.1, 0.15) is 0 Å². The van der Waals surface area contributed by atoms with E-state index in [1.165, 1.54) is 24.8 Å². The molecular weight excluding hydrogens is 397 g/mol. The van der Waals surface area contributed by atoms with Gasteiger partial charge in [-0.15, -0.1) is 12.4 Å². The van der Waals surface area contributed by atoms with Crippen molar-refractivity contribution in [3.8, 4) is 0 Å². The Morgan fingerprint density at radius 2 is 1.89 bits per heavy atom. The van der Waals surface area contributed by atoms with Gasteiger partial charge < -0.3 is 20.1 Å². The van der Waals surface area contributed by atoms with Gasteiger partial charge >= 0.3 is 0 Å². The minimum Gasteiger partial charge on any atom is -0.379 e. The summed E-state index contributed by atoms with van der Waals surface area (Å²) in [7, 11) is 0. The Kier molecular flexibility index (Phi) is 8.85. The summed E-state index contributed by atoms with van der Waals surface area (Å²) in [5, 5.41) is 8.40. The van der Waals surface area contributed by atoms with E-state index in [1.807, 2.05) is 12.1 Å². The summed E-state index contributed by atoms with van der Waals surface area (Å²) in [6.07, 6.45) is 3.87. The molecule has 28 heavy (non-hydrogen) atoms. The van der Waals surface area contributed by atoms with Crippen LogP contribution < -0.4 is 10.6 Å². The largest absolute Gasteiger partial charge is 0.379 e. The molecule has 1 saturated carbocycles. The number of halogens is 2. The molecule has 5 nitrogen and oxygen atoms in total. The standard InChI is InChI=1S/C21H32ClN3O2.ClH/c22-17-6-4-16(5-7-17)21(25-9-12-26-13-10-25)14-24-19-3-1-2-18(19)20-15-27-11-8-23-20;/h4-7,18-21,23-24H,1-3,8-15H2;1H. The van der Waals surface area contributed by atoms with Gasteiger partial charge in [0.2, 0.25) is 0 Å². The highest BCUT2D eigenvalue weighted by atomic mass is 35.5. The topological polar surface area (TPSA) is 45.8 Å². The Bertz CT molecular complexity index is 578. The molecule has 0 radical (unpaired) electrons. The summed E-state index contributed by atoms with van der Waals surface area (Å²) in [4.78, 5) is 2.55. The molecule has 1 aliphatic carbocycles. The van der Waals surface area contributed by atoms with Crippen LogP contribution in [0.2, 0.25) is 5.02 Å². The third-order valence-corrected chi connectivity index (χ3v) is 6.60. The summed E-state index contributed by atoms with van der Waals surface area (Å²) in [6.45, 7) is 7.26. The highest BCUT2D eigenvalue weighted by Gasteiger charge is 2.35. The van der Waals surface area contributed by atoms with Crippen LogP contribution in [0.4, 0.5) is 0 Å². The quantitative estimate of drug-likeness (QED) is 0.727. The monoisotopic (exact) mass is 429 g/mol. The lowest BCUT2D eigenvalue weighted by molar-refractivity contribution is 0.0144. The molecule has 2 N–H and O–H groups in total. The second kappa shape index (κ2) is 11.1. The number of hydrogen-bond acceptors (Lipinski definition) is 5. The van der Waals surface area contributed by atoms with E-state index in [2.05, 4.69) is 27.7 Å². The van der Waals surface area contributed by atoms with Gasteiger partial charge in [-0.25, -0.2) is 0 Å². The summed E-state index contributed by atoms with van der Waals surface area (Å²) in [6, 6.07) is 9.79. The maximum atomic E-state index is 6.12. The van der Waals surface area contributed by atoms with Crippen LogP contribution in [0.25, 0.3) is 0 Å². The molecule has 1 aromatic rings. The molecule has 4 atom stereocenters. The number of morpholine rings is 2. The van der Waals surface area contributed by atoms with E-state index in [-0.39, 0.29) is 12.4 Å². The second-order valence-corrected chi connectivity index (χ2v) is 8.40. The highest BCUT2D eigenvalue weighted by molar-refractivity contribution is 6.30. The van der Waals surface area contributed by atoms with E-state index in [4.69, 9.17) is 21.1 Å². The van der Waals surface area contributed by atoms with Crippen LogP contribution in [0.5, 0.6) is 0 Å². The molecule has 4 rings (SSSR count). The molecule has 0 bridgehead atoms. The Morgan fingerprint density at radius 1 is 1.11 bits per heavy atom. The van der Waals surface area contributed by atoms with Crippen LogP contribution in [0.15, 0.2) is 24.3 Å². The highest BCUT2D eigenvalue weighted by Crippen LogP contribution is 2.31. The molecular formula is C21H33Cl2N3O2. The van der Waals surface area contributed by atoms with Crippen molar-refractivity contribution in [1.29, 1.82) is 0 Å². The molecule has 0 spiro atoms. The van der Waals surface area contributed by atoms with Crippen molar-refractivity contribution in [3.05, 3.63) is 34.9 Å². The van der Waals surface area contributed by atoms with E-state index in [0.29, 0.717) is 24.0 Å². The van der Waals surface area contributed by atoms with Crippen molar-refractivity contribution in [2.45, 2.75) is 37.4 Å². The summed E-state index contributed by atoms with van der Waals surface area (Å²) >= 11 is 6.12. The molecule has 3 aliphatic rings. The van der Waals surface area contributed by atoms with Crippen LogP contribution >= 0.6 is 24.0 Å². The van der Waals surface area contributed by atoms with Crippen molar-refractivity contribution >= 4 is 24.0 Å². The fraction of sp³-hybridized carbons (Fsp3) is 0.714. The van der Waals surface area contributed by atoms with Gasteiger partial charge in [-0.2, -0.15) is 0 Å². The lowest BCUT2D eigenvalue weighted by Gasteiger charge is -2.37. The van der Waals surface area contributed by atoms with Crippen molar-refractivity contribution in [1.82, 2.24) is 15.5 Å². The zero-order chi connectivity index (χ0) is 18.5. The predicted molar refractivity (Wildman–Crippen MR) is 116 cm³/mol. The van der Waals surface area contributed by atoms with Crippen LogP contribution in [0.1, 0.15) is 30.9 Å². The van der Waals surface area contributed by atoms with Crippen LogP contribution in [0, 0.1) is 5.92 Å². The number of ether oxygens (including phenoxy) is 2. The van der Waals surface area contributed by atoms with Gasteiger partial charge in [-0.3, -0.25) is 4.90 Å². The second-order valence-electron chi connectivity index (χ2n) is 7.96. The summed E-state index contributed by atoms with van der Waals surface area (Å²) in [5.41, 5.74) is 1.34. The van der Waals surface area contributed by atoms with Crippen LogP contribution in [-0.2, 0) is 9.47 Å². The van der Waals surface area contributed by atoms with Gasteiger partial charge in [-0.05, 0) is 36.5 Å². The Morgan fingerprint density at radius 3 is 2.61 bits per heavy atom. The number of hydrogen-bond donors (Lipinski definition) is 2. The Balaban J connectivity index is 0.00000225. The summed E-state index contributed by atoms with van der Waals surface area (Å²) in [5.74, 6) is 0.667. The molecule has 0 aromatic heterocycles. The molecule has 0 amide bonds. The average molecular weight is 430 g/mol. The van der Waals surface area contributed by atoms with Crippen molar-refractivity contribution in [2.24, 2.45) is 5.92 Å². The molecule has 1 aromatic carbocycles. The first-order valence-electron chi connectivity index (χ1n) is 10.4. The number of nitrogens with one attached hydrogen (secondary N) is 2. The number of rotatable bonds is 6. The zero-order valence-electron chi connectivity index (χ0n) is 16.4. The first-order valence-corrected chi connectivity index (χ1v) is 10.8. The van der Waals surface area contributed by atoms with Crippen molar-refractivity contribution < 1.29 is 9.47 Å². The van der Waals surface area contributed by atoms with E-state index >= 15 is 0 Å². The van der Waals surface area contributed by atoms with Gasteiger partial charge in [0.05, 0.1) is 26.4 Å².